The van der Waals surface area contributed by atoms with Crippen LogP contribution in [0.25, 0.3) is 0 Å². The number of carbonyl (C=O) groups is 1. The van der Waals surface area contributed by atoms with E-state index in [0.717, 1.165) is 4.88 Å². The Morgan fingerprint density at radius 2 is 2.45 bits per heavy atom. The van der Waals surface area contributed by atoms with Crippen LogP contribution >= 0.6 is 11.3 Å². The van der Waals surface area contributed by atoms with Crippen molar-refractivity contribution in [1.29, 1.82) is 0 Å². The van der Waals surface area contributed by atoms with Crippen molar-refractivity contribution < 1.29 is 4.79 Å². The van der Waals surface area contributed by atoms with E-state index in [4.69, 9.17) is 0 Å². The number of ketones is 1. The van der Waals surface area contributed by atoms with Crippen molar-refractivity contribution in [3.8, 4) is 0 Å². The summed E-state index contributed by atoms with van der Waals surface area (Å²) in [6.45, 7) is 5.34. The van der Waals surface area contributed by atoms with Gasteiger partial charge in [0, 0.05) is 11.3 Å². The van der Waals surface area contributed by atoms with Crippen LogP contribution in [0.2, 0.25) is 0 Å². The van der Waals surface area contributed by atoms with Crippen LogP contribution < -0.4 is 0 Å². The molecule has 0 saturated heterocycles. The Morgan fingerprint density at radius 1 is 1.73 bits per heavy atom. The third kappa shape index (κ3) is 2.31. The van der Waals surface area contributed by atoms with Gasteiger partial charge in [-0.1, -0.05) is 12.6 Å². The van der Waals surface area contributed by atoms with E-state index < -0.39 is 0 Å². The van der Waals surface area contributed by atoms with Gasteiger partial charge < -0.3 is 0 Å². The fourth-order valence-electron chi connectivity index (χ4n) is 0.722. The summed E-state index contributed by atoms with van der Waals surface area (Å²) >= 11 is 1.61. The molecule has 1 rings (SSSR count). The molecule has 2 heteroatoms. The summed E-state index contributed by atoms with van der Waals surface area (Å²) in [6, 6.07) is 3.91. The Bertz CT molecular complexity index is 259. The Morgan fingerprint density at radius 3 is 2.91 bits per heavy atom. The number of Topliss-reactive ketones (excluding diaryl/α,β-unsaturated/α-hetero) is 1. The summed E-state index contributed by atoms with van der Waals surface area (Å²) in [6.07, 6.45) is 0.507. The van der Waals surface area contributed by atoms with E-state index in [-0.39, 0.29) is 5.78 Å². The Balaban J connectivity index is 2.57. The summed E-state index contributed by atoms with van der Waals surface area (Å²) in [5.41, 5.74) is 0.637. The summed E-state index contributed by atoms with van der Waals surface area (Å²) in [5, 5.41) is 1.97. The second-order valence-corrected chi connectivity index (χ2v) is 3.49. The third-order valence-corrected chi connectivity index (χ3v) is 2.27. The zero-order chi connectivity index (χ0) is 8.27. The average molecular weight is 166 g/mol. The van der Waals surface area contributed by atoms with Crippen molar-refractivity contribution >= 4 is 17.1 Å². The quantitative estimate of drug-likeness (QED) is 0.630. The minimum atomic E-state index is 0.132. The molecular formula is C9H10OS. The van der Waals surface area contributed by atoms with Crippen LogP contribution in [0.1, 0.15) is 11.8 Å². The second kappa shape index (κ2) is 3.49. The highest BCUT2D eigenvalue weighted by Crippen LogP contribution is 2.10. The number of hydrogen-bond donors (Lipinski definition) is 0. The largest absolute Gasteiger partial charge is 0.294 e. The highest BCUT2D eigenvalue weighted by molar-refractivity contribution is 7.10. The summed E-state index contributed by atoms with van der Waals surface area (Å²) in [7, 11) is 0. The number of allylic oxidation sites excluding steroid dienone is 1. The summed E-state index contributed by atoms with van der Waals surface area (Å²) in [4.78, 5) is 12.2. The maximum Gasteiger partial charge on any atom is 0.163 e. The number of thiophene rings is 1. The Kier molecular flexibility index (Phi) is 2.60. The lowest BCUT2D eigenvalue weighted by molar-refractivity contribution is -0.114. The smallest absolute Gasteiger partial charge is 0.163 e. The first kappa shape index (κ1) is 8.21. The van der Waals surface area contributed by atoms with Crippen LogP contribution in [-0.4, -0.2) is 5.78 Å². The summed E-state index contributed by atoms with van der Waals surface area (Å²) in [5.74, 6) is 0.132. The van der Waals surface area contributed by atoms with Gasteiger partial charge in [0.25, 0.3) is 0 Å². The van der Waals surface area contributed by atoms with Crippen LogP contribution in [0.15, 0.2) is 29.7 Å². The molecule has 0 aliphatic rings. The molecule has 0 spiro atoms. The lowest BCUT2D eigenvalue weighted by atomic mass is 10.1. The maximum atomic E-state index is 11.1. The van der Waals surface area contributed by atoms with Gasteiger partial charge in [-0.15, -0.1) is 11.3 Å². The van der Waals surface area contributed by atoms with E-state index in [9.17, 15) is 4.79 Å². The first-order chi connectivity index (χ1) is 5.20. The van der Waals surface area contributed by atoms with Crippen molar-refractivity contribution in [1.82, 2.24) is 0 Å². The Hall–Kier alpha value is -0.890. The van der Waals surface area contributed by atoms with Crippen LogP contribution in [0.5, 0.6) is 0 Å². The molecule has 0 aromatic carbocycles. The lowest BCUT2D eigenvalue weighted by Crippen LogP contribution is -2.00. The van der Waals surface area contributed by atoms with Crippen LogP contribution in [0, 0.1) is 0 Å². The number of rotatable bonds is 3. The maximum absolute atomic E-state index is 11.1. The van der Waals surface area contributed by atoms with Gasteiger partial charge in [0.15, 0.2) is 5.78 Å². The molecule has 0 saturated carbocycles. The molecule has 0 fully saturated rings. The van der Waals surface area contributed by atoms with Crippen molar-refractivity contribution in [2.45, 2.75) is 13.3 Å². The Labute approximate surface area is 70.4 Å². The minimum absolute atomic E-state index is 0.132. The van der Waals surface area contributed by atoms with Gasteiger partial charge in [0.1, 0.15) is 0 Å². The highest BCUT2D eigenvalue weighted by Gasteiger charge is 2.03. The molecule has 0 amide bonds. The molecule has 0 atom stereocenters. The third-order valence-electron chi connectivity index (χ3n) is 1.39. The molecule has 0 bridgehead atoms. The van der Waals surface area contributed by atoms with Crippen molar-refractivity contribution in [2.75, 3.05) is 0 Å². The second-order valence-electron chi connectivity index (χ2n) is 2.46. The molecule has 1 nitrogen and oxygen atoms in total. The van der Waals surface area contributed by atoms with Crippen molar-refractivity contribution in [2.24, 2.45) is 0 Å². The van der Waals surface area contributed by atoms with Gasteiger partial charge in [-0.25, -0.2) is 0 Å². The topological polar surface area (TPSA) is 17.1 Å². The molecule has 1 aromatic heterocycles. The summed E-state index contributed by atoms with van der Waals surface area (Å²) < 4.78 is 0. The molecule has 11 heavy (non-hydrogen) atoms. The van der Waals surface area contributed by atoms with E-state index in [2.05, 4.69) is 6.58 Å². The van der Waals surface area contributed by atoms with Crippen LogP contribution in [-0.2, 0) is 11.2 Å². The molecule has 1 aromatic rings. The van der Waals surface area contributed by atoms with E-state index >= 15 is 0 Å². The molecule has 58 valence electrons. The molecule has 0 unspecified atom stereocenters. The van der Waals surface area contributed by atoms with Gasteiger partial charge in [-0.3, -0.25) is 4.79 Å². The fourth-order valence-corrected chi connectivity index (χ4v) is 1.43. The predicted molar refractivity (Wildman–Crippen MR) is 47.8 cm³/mol. The molecule has 1 heterocycles. The zero-order valence-electron chi connectivity index (χ0n) is 6.46. The first-order valence-corrected chi connectivity index (χ1v) is 4.29. The molecule has 0 aliphatic heterocycles. The van der Waals surface area contributed by atoms with Gasteiger partial charge in [-0.2, -0.15) is 0 Å². The average Bonchev–Trinajstić information content (AvgIpc) is 2.39. The van der Waals surface area contributed by atoms with Crippen molar-refractivity contribution in [3.63, 3.8) is 0 Å². The predicted octanol–water partition coefficient (Wildman–Crippen LogP) is 2.44. The molecule has 0 N–H and O–H groups in total. The van der Waals surface area contributed by atoms with Gasteiger partial charge >= 0.3 is 0 Å². The van der Waals surface area contributed by atoms with E-state index in [1.807, 2.05) is 17.5 Å². The normalized spacial score (nSPS) is 9.55. The number of hydrogen-bond acceptors (Lipinski definition) is 2. The van der Waals surface area contributed by atoms with Gasteiger partial charge in [0.2, 0.25) is 0 Å². The zero-order valence-corrected chi connectivity index (χ0v) is 7.28. The van der Waals surface area contributed by atoms with E-state index in [0.29, 0.717) is 12.0 Å². The minimum Gasteiger partial charge on any atom is -0.294 e. The van der Waals surface area contributed by atoms with Gasteiger partial charge in [0.05, 0.1) is 0 Å². The molecule has 0 radical (unpaired) electrons. The lowest BCUT2D eigenvalue weighted by Gasteiger charge is -1.94. The van der Waals surface area contributed by atoms with Crippen LogP contribution in [0.3, 0.4) is 0 Å². The highest BCUT2D eigenvalue weighted by atomic mass is 32.1. The monoisotopic (exact) mass is 166 g/mol. The SMILES string of the molecule is C=C(C)C(=O)Cc1cccs1. The van der Waals surface area contributed by atoms with E-state index in [1.54, 1.807) is 18.3 Å². The fraction of sp³-hybridized carbons (Fsp3) is 0.222. The van der Waals surface area contributed by atoms with Crippen molar-refractivity contribution in [3.05, 3.63) is 34.5 Å². The standard InChI is InChI=1S/C9H10OS/c1-7(2)9(10)6-8-4-3-5-11-8/h3-5H,1,6H2,2H3. The first-order valence-electron chi connectivity index (χ1n) is 3.41. The molecule has 0 aliphatic carbocycles. The van der Waals surface area contributed by atoms with Crippen LogP contribution in [0.4, 0.5) is 0 Å². The van der Waals surface area contributed by atoms with Gasteiger partial charge in [-0.05, 0) is 23.9 Å². The number of carbonyl (C=O) groups excluding carboxylic acids is 1. The van der Waals surface area contributed by atoms with E-state index in [1.165, 1.54) is 0 Å². The molecular weight excluding hydrogens is 156 g/mol.